The summed E-state index contributed by atoms with van der Waals surface area (Å²) < 4.78 is 0. The lowest BCUT2D eigenvalue weighted by molar-refractivity contribution is 0.502. The highest BCUT2D eigenvalue weighted by Gasteiger charge is 2.23. The quantitative estimate of drug-likeness (QED) is 0.840. The molecule has 0 aromatic carbocycles. The topological polar surface area (TPSA) is 41.9 Å². The number of rotatable bonds is 2. The van der Waals surface area contributed by atoms with Crippen molar-refractivity contribution in [2.45, 2.75) is 32.6 Å². The van der Waals surface area contributed by atoms with Gasteiger partial charge in [-0.25, -0.2) is 9.97 Å². The van der Waals surface area contributed by atoms with Crippen LogP contribution < -0.4 is 4.90 Å². The molecule has 1 fully saturated rings. The van der Waals surface area contributed by atoms with E-state index in [0.29, 0.717) is 5.92 Å². The first kappa shape index (κ1) is 13.0. The van der Waals surface area contributed by atoms with Gasteiger partial charge in [-0.3, -0.25) is 4.98 Å². The number of anilines is 1. The Balaban J connectivity index is 1.81. The third-order valence-electron chi connectivity index (χ3n) is 3.85. The highest BCUT2D eigenvalue weighted by Crippen LogP contribution is 2.28. The van der Waals surface area contributed by atoms with Gasteiger partial charge in [0.2, 0.25) is 5.95 Å². The van der Waals surface area contributed by atoms with Gasteiger partial charge >= 0.3 is 0 Å². The molecule has 0 aliphatic carbocycles. The van der Waals surface area contributed by atoms with Crippen LogP contribution in [0.4, 0.5) is 5.95 Å². The monoisotopic (exact) mass is 268 g/mol. The second kappa shape index (κ2) is 5.57. The Morgan fingerprint density at radius 1 is 1.10 bits per heavy atom. The molecule has 0 N–H and O–H groups in total. The van der Waals surface area contributed by atoms with E-state index in [1.165, 1.54) is 18.4 Å². The molecule has 2 aromatic rings. The number of pyridine rings is 1. The lowest BCUT2D eigenvalue weighted by atomic mass is 9.91. The van der Waals surface area contributed by atoms with Gasteiger partial charge in [0, 0.05) is 42.8 Å². The lowest BCUT2D eigenvalue weighted by Gasteiger charge is -2.33. The molecular weight excluding hydrogens is 248 g/mol. The average molecular weight is 268 g/mol. The minimum atomic E-state index is 0.552. The zero-order valence-corrected chi connectivity index (χ0v) is 12.1. The first-order valence-electron chi connectivity index (χ1n) is 7.19. The number of aromatic nitrogens is 3. The Hall–Kier alpha value is -1.97. The van der Waals surface area contributed by atoms with Crippen LogP contribution in [0.15, 0.2) is 30.6 Å². The standard InChI is InChI=1S/C16H20N4/c1-12-10-13(2)19-16(18-12)20-9-3-4-15(11-20)14-5-7-17-8-6-14/h5-8,10,15H,3-4,9,11H2,1-2H3/t15-/m1/s1. The molecule has 0 radical (unpaired) electrons. The van der Waals surface area contributed by atoms with Crippen molar-refractivity contribution in [3.8, 4) is 0 Å². The van der Waals surface area contributed by atoms with E-state index < -0.39 is 0 Å². The van der Waals surface area contributed by atoms with E-state index in [1.54, 1.807) is 0 Å². The minimum absolute atomic E-state index is 0.552. The van der Waals surface area contributed by atoms with Crippen molar-refractivity contribution in [3.05, 3.63) is 47.5 Å². The smallest absolute Gasteiger partial charge is 0.225 e. The van der Waals surface area contributed by atoms with E-state index in [2.05, 4.69) is 32.0 Å². The zero-order chi connectivity index (χ0) is 13.9. The molecule has 20 heavy (non-hydrogen) atoms. The third kappa shape index (κ3) is 2.79. The van der Waals surface area contributed by atoms with Gasteiger partial charge in [0.05, 0.1) is 0 Å². The molecule has 0 saturated carbocycles. The molecule has 3 rings (SSSR count). The van der Waals surface area contributed by atoms with Gasteiger partial charge in [0.25, 0.3) is 0 Å². The molecule has 1 atom stereocenters. The van der Waals surface area contributed by atoms with Crippen molar-refractivity contribution < 1.29 is 0 Å². The average Bonchev–Trinajstić information content (AvgIpc) is 2.47. The number of piperidine rings is 1. The molecule has 3 heterocycles. The van der Waals surface area contributed by atoms with Crippen molar-refractivity contribution in [3.63, 3.8) is 0 Å². The molecule has 104 valence electrons. The first-order valence-corrected chi connectivity index (χ1v) is 7.19. The Kier molecular flexibility index (Phi) is 3.63. The van der Waals surface area contributed by atoms with Gasteiger partial charge < -0.3 is 4.90 Å². The Morgan fingerprint density at radius 2 is 1.80 bits per heavy atom. The number of hydrogen-bond acceptors (Lipinski definition) is 4. The fourth-order valence-corrected chi connectivity index (χ4v) is 2.92. The van der Waals surface area contributed by atoms with Crippen molar-refractivity contribution >= 4 is 5.95 Å². The summed E-state index contributed by atoms with van der Waals surface area (Å²) in [7, 11) is 0. The van der Waals surface area contributed by atoms with E-state index in [-0.39, 0.29) is 0 Å². The third-order valence-corrected chi connectivity index (χ3v) is 3.85. The highest BCUT2D eigenvalue weighted by molar-refractivity contribution is 5.35. The largest absolute Gasteiger partial charge is 0.340 e. The van der Waals surface area contributed by atoms with Crippen molar-refractivity contribution in [2.75, 3.05) is 18.0 Å². The van der Waals surface area contributed by atoms with Gasteiger partial charge in [-0.05, 0) is 50.5 Å². The summed E-state index contributed by atoms with van der Waals surface area (Å²) >= 11 is 0. The number of aryl methyl sites for hydroxylation is 2. The second-order valence-electron chi connectivity index (χ2n) is 5.52. The second-order valence-corrected chi connectivity index (χ2v) is 5.52. The summed E-state index contributed by atoms with van der Waals surface area (Å²) in [6.45, 7) is 6.10. The maximum Gasteiger partial charge on any atom is 0.225 e. The van der Waals surface area contributed by atoms with Crippen LogP contribution in [0.25, 0.3) is 0 Å². The van der Waals surface area contributed by atoms with Crippen LogP contribution in [0.1, 0.15) is 35.7 Å². The van der Waals surface area contributed by atoms with E-state index in [1.807, 2.05) is 32.3 Å². The summed E-state index contributed by atoms with van der Waals surface area (Å²) in [4.78, 5) is 15.6. The van der Waals surface area contributed by atoms with Crippen LogP contribution in [0.2, 0.25) is 0 Å². The van der Waals surface area contributed by atoms with Crippen molar-refractivity contribution in [1.29, 1.82) is 0 Å². The summed E-state index contributed by atoms with van der Waals surface area (Å²) in [6.07, 6.45) is 6.16. The maximum absolute atomic E-state index is 4.59. The number of hydrogen-bond donors (Lipinski definition) is 0. The van der Waals surface area contributed by atoms with E-state index in [4.69, 9.17) is 0 Å². The van der Waals surface area contributed by atoms with Crippen LogP contribution >= 0.6 is 0 Å². The van der Waals surface area contributed by atoms with Crippen LogP contribution in [0.3, 0.4) is 0 Å². The molecule has 4 heteroatoms. The first-order chi connectivity index (χ1) is 9.72. The molecule has 1 aliphatic rings. The summed E-state index contributed by atoms with van der Waals surface area (Å²) in [5, 5.41) is 0. The van der Waals surface area contributed by atoms with E-state index in [9.17, 15) is 0 Å². The van der Waals surface area contributed by atoms with Crippen molar-refractivity contribution in [2.24, 2.45) is 0 Å². The molecular formula is C16H20N4. The molecule has 2 aromatic heterocycles. The Bertz CT molecular complexity index is 562. The fourth-order valence-electron chi connectivity index (χ4n) is 2.92. The van der Waals surface area contributed by atoms with Gasteiger partial charge in [0.15, 0.2) is 0 Å². The lowest BCUT2D eigenvalue weighted by Crippen LogP contribution is -2.35. The summed E-state index contributed by atoms with van der Waals surface area (Å²) in [5.74, 6) is 1.43. The van der Waals surface area contributed by atoms with Gasteiger partial charge in [-0.2, -0.15) is 0 Å². The summed E-state index contributed by atoms with van der Waals surface area (Å²) in [5.41, 5.74) is 3.45. The van der Waals surface area contributed by atoms with Crippen LogP contribution in [0, 0.1) is 13.8 Å². The molecule has 0 spiro atoms. The maximum atomic E-state index is 4.59. The molecule has 0 unspecified atom stereocenters. The molecule has 0 amide bonds. The highest BCUT2D eigenvalue weighted by atomic mass is 15.3. The van der Waals surface area contributed by atoms with Crippen molar-refractivity contribution in [1.82, 2.24) is 15.0 Å². The molecule has 4 nitrogen and oxygen atoms in total. The van der Waals surface area contributed by atoms with Gasteiger partial charge in [0.1, 0.15) is 0 Å². The zero-order valence-electron chi connectivity index (χ0n) is 12.1. The van der Waals surface area contributed by atoms with Gasteiger partial charge in [-0.15, -0.1) is 0 Å². The fraction of sp³-hybridized carbons (Fsp3) is 0.438. The van der Waals surface area contributed by atoms with Crippen LogP contribution in [0.5, 0.6) is 0 Å². The number of nitrogens with zero attached hydrogens (tertiary/aromatic N) is 4. The SMILES string of the molecule is Cc1cc(C)nc(N2CCC[C@@H](c3ccncc3)C2)n1. The molecule has 0 bridgehead atoms. The predicted octanol–water partition coefficient (Wildman–Crippen LogP) is 2.87. The van der Waals surface area contributed by atoms with Crippen LogP contribution in [-0.4, -0.2) is 28.0 Å². The van der Waals surface area contributed by atoms with E-state index >= 15 is 0 Å². The summed E-state index contributed by atoms with van der Waals surface area (Å²) in [6, 6.07) is 6.26. The molecule has 1 aliphatic heterocycles. The molecule has 1 saturated heterocycles. The minimum Gasteiger partial charge on any atom is -0.340 e. The Morgan fingerprint density at radius 3 is 2.50 bits per heavy atom. The predicted molar refractivity (Wildman–Crippen MR) is 79.9 cm³/mol. The van der Waals surface area contributed by atoms with Crippen LogP contribution in [-0.2, 0) is 0 Å². The Labute approximate surface area is 119 Å². The van der Waals surface area contributed by atoms with Gasteiger partial charge in [-0.1, -0.05) is 0 Å². The van der Waals surface area contributed by atoms with E-state index in [0.717, 1.165) is 30.4 Å². The normalized spacial score (nSPS) is 19.1.